The second-order valence-corrected chi connectivity index (χ2v) is 10.4. The van der Waals surface area contributed by atoms with Gasteiger partial charge in [-0.25, -0.2) is 4.98 Å². The minimum Gasteiger partial charge on any atom is -0.389 e. The SMILES string of the molecule is COCC(O)Cn1cc(-c2ccc3c(c2)N(c2nc4c(s2)C(=O)NC(C)(C)C4)CCC3)cn1. The highest BCUT2D eigenvalue weighted by Gasteiger charge is 2.34. The van der Waals surface area contributed by atoms with Crippen LogP contribution < -0.4 is 10.2 Å². The van der Waals surface area contributed by atoms with Gasteiger partial charge in [-0.2, -0.15) is 5.10 Å². The molecule has 174 valence electrons. The Bertz CT molecular complexity index is 1180. The summed E-state index contributed by atoms with van der Waals surface area (Å²) >= 11 is 1.48. The monoisotopic (exact) mass is 467 g/mol. The number of thiazole rings is 1. The number of carbonyl (C=O) groups excluding carboxylic acids is 1. The van der Waals surface area contributed by atoms with E-state index >= 15 is 0 Å². The average Bonchev–Trinajstić information content (AvgIpc) is 3.39. The van der Waals surface area contributed by atoms with Crippen molar-refractivity contribution in [2.45, 2.75) is 51.3 Å². The molecule has 2 N–H and O–H groups in total. The number of aliphatic hydroxyl groups excluding tert-OH is 1. The lowest BCUT2D eigenvalue weighted by Crippen LogP contribution is -2.48. The van der Waals surface area contributed by atoms with Crippen LogP contribution in [0.15, 0.2) is 30.6 Å². The molecule has 5 rings (SSSR count). The van der Waals surface area contributed by atoms with Gasteiger partial charge in [-0.05, 0) is 43.9 Å². The number of benzene rings is 1. The van der Waals surface area contributed by atoms with Crippen LogP contribution in [-0.4, -0.2) is 57.7 Å². The molecule has 8 nitrogen and oxygen atoms in total. The van der Waals surface area contributed by atoms with Crippen molar-refractivity contribution in [2.75, 3.05) is 25.2 Å². The van der Waals surface area contributed by atoms with Gasteiger partial charge in [0.15, 0.2) is 5.13 Å². The summed E-state index contributed by atoms with van der Waals surface area (Å²) in [7, 11) is 1.57. The zero-order chi connectivity index (χ0) is 23.2. The smallest absolute Gasteiger partial charge is 0.263 e. The number of anilines is 2. The van der Waals surface area contributed by atoms with E-state index in [2.05, 4.69) is 33.5 Å². The molecule has 9 heteroatoms. The molecule has 0 radical (unpaired) electrons. The number of carbonyl (C=O) groups is 1. The number of aliphatic hydroxyl groups is 1. The van der Waals surface area contributed by atoms with Crippen LogP contribution in [0.2, 0.25) is 0 Å². The molecule has 1 amide bonds. The summed E-state index contributed by atoms with van der Waals surface area (Å²) in [6.45, 7) is 5.59. The van der Waals surface area contributed by atoms with Gasteiger partial charge in [0, 0.05) is 43.1 Å². The zero-order valence-electron chi connectivity index (χ0n) is 19.2. The van der Waals surface area contributed by atoms with Gasteiger partial charge >= 0.3 is 0 Å². The maximum Gasteiger partial charge on any atom is 0.263 e. The summed E-state index contributed by atoms with van der Waals surface area (Å²) in [5.41, 5.74) is 5.09. The Labute approximate surface area is 197 Å². The average molecular weight is 468 g/mol. The molecule has 0 bridgehead atoms. The Morgan fingerprint density at radius 3 is 3.00 bits per heavy atom. The molecule has 4 heterocycles. The van der Waals surface area contributed by atoms with Gasteiger partial charge in [0.05, 0.1) is 31.1 Å². The molecule has 0 spiro atoms. The summed E-state index contributed by atoms with van der Waals surface area (Å²) in [6.07, 6.45) is 5.97. The molecule has 0 saturated carbocycles. The number of fused-ring (bicyclic) bond motifs is 2. The normalized spacial score (nSPS) is 17.9. The number of nitrogens with zero attached hydrogens (tertiary/aromatic N) is 4. The van der Waals surface area contributed by atoms with E-state index in [4.69, 9.17) is 9.72 Å². The first kappa shape index (κ1) is 22.1. The lowest BCUT2D eigenvalue weighted by atomic mass is 9.94. The lowest BCUT2D eigenvalue weighted by Gasteiger charge is -2.29. The van der Waals surface area contributed by atoms with Crippen LogP contribution in [0.25, 0.3) is 11.1 Å². The van der Waals surface area contributed by atoms with E-state index < -0.39 is 6.10 Å². The van der Waals surface area contributed by atoms with E-state index in [-0.39, 0.29) is 18.1 Å². The molecular weight excluding hydrogens is 438 g/mol. The maximum atomic E-state index is 12.6. The molecule has 1 unspecified atom stereocenters. The van der Waals surface area contributed by atoms with Crippen molar-refractivity contribution >= 4 is 28.1 Å². The van der Waals surface area contributed by atoms with Gasteiger partial charge in [0.1, 0.15) is 4.88 Å². The fourth-order valence-corrected chi connectivity index (χ4v) is 5.62. The Balaban J connectivity index is 1.45. The van der Waals surface area contributed by atoms with Crippen molar-refractivity contribution < 1.29 is 14.6 Å². The molecule has 1 aromatic carbocycles. The number of amides is 1. The van der Waals surface area contributed by atoms with Crippen LogP contribution in [0.5, 0.6) is 0 Å². The summed E-state index contributed by atoms with van der Waals surface area (Å²) < 4.78 is 6.75. The lowest BCUT2D eigenvalue weighted by molar-refractivity contribution is 0.0514. The zero-order valence-corrected chi connectivity index (χ0v) is 20.0. The molecule has 33 heavy (non-hydrogen) atoms. The third kappa shape index (κ3) is 4.40. The van der Waals surface area contributed by atoms with Crippen molar-refractivity contribution in [3.63, 3.8) is 0 Å². The fraction of sp³-hybridized carbons (Fsp3) is 0.458. The summed E-state index contributed by atoms with van der Waals surface area (Å²) in [4.78, 5) is 20.5. The van der Waals surface area contributed by atoms with E-state index in [0.717, 1.165) is 58.3 Å². The van der Waals surface area contributed by atoms with Crippen LogP contribution in [-0.2, 0) is 24.1 Å². The van der Waals surface area contributed by atoms with E-state index in [9.17, 15) is 9.90 Å². The van der Waals surface area contributed by atoms with Gasteiger partial charge in [-0.15, -0.1) is 0 Å². The molecule has 2 aliphatic rings. The summed E-state index contributed by atoms with van der Waals surface area (Å²) in [5.74, 6) is -0.0286. The van der Waals surface area contributed by atoms with Gasteiger partial charge in [-0.1, -0.05) is 23.5 Å². The molecule has 2 aromatic heterocycles. The number of rotatable bonds is 6. The number of aryl methyl sites for hydroxylation is 1. The summed E-state index contributed by atoms with van der Waals surface area (Å²) in [5, 5.41) is 18.4. The molecule has 0 fully saturated rings. The third-order valence-electron chi connectivity index (χ3n) is 6.11. The van der Waals surface area contributed by atoms with Crippen molar-refractivity contribution in [1.29, 1.82) is 0 Å². The molecule has 0 aliphatic carbocycles. The van der Waals surface area contributed by atoms with Crippen molar-refractivity contribution in [3.05, 3.63) is 46.7 Å². The largest absolute Gasteiger partial charge is 0.389 e. The highest BCUT2D eigenvalue weighted by Crippen LogP contribution is 2.40. The highest BCUT2D eigenvalue weighted by molar-refractivity contribution is 7.17. The highest BCUT2D eigenvalue weighted by atomic mass is 32.1. The van der Waals surface area contributed by atoms with E-state index in [1.54, 1.807) is 11.8 Å². The van der Waals surface area contributed by atoms with Crippen molar-refractivity contribution in [2.24, 2.45) is 0 Å². The molecule has 1 atom stereocenters. The minimum absolute atomic E-state index is 0.0286. The Kier molecular flexibility index (Phi) is 5.72. The number of nitrogens with one attached hydrogen (secondary N) is 1. The van der Waals surface area contributed by atoms with Crippen LogP contribution in [0.3, 0.4) is 0 Å². The van der Waals surface area contributed by atoms with Gasteiger partial charge in [0.25, 0.3) is 5.91 Å². The van der Waals surface area contributed by atoms with Crippen LogP contribution >= 0.6 is 11.3 Å². The fourth-order valence-electron chi connectivity index (χ4n) is 4.61. The molecule has 0 saturated heterocycles. The first-order chi connectivity index (χ1) is 15.8. The molecule has 3 aromatic rings. The molecule has 2 aliphatic heterocycles. The van der Waals surface area contributed by atoms with Gasteiger partial charge in [-0.3, -0.25) is 9.48 Å². The van der Waals surface area contributed by atoms with Crippen LogP contribution in [0, 0.1) is 0 Å². The Morgan fingerprint density at radius 2 is 2.18 bits per heavy atom. The van der Waals surface area contributed by atoms with Crippen molar-refractivity contribution in [1.82, 2.24) is 20.1 Å². The second-order valence-electron chi connectivity index (χ2n) is 9.45. The predicted octanol–water partition coefficient (Wildman–Crippen LogP) is 3.16. The Morgan fingerprint density at radius 1 is 1.33 bits per heavy atom. The van der Waals surface area contributed by atoms with Crippen LogP contribution in [0.4, 0.5) is 10.8 Å². The minimum atomic E-state index is -0.597. The quantitative estimate of drug-likeness (QED) is 0.579. The number of hydrogen-bond acceptors (Lipinski definition) is 7. The Hall–Kier alpha value is -2.75. The first-order valence-corrected chi connectivity index (χ1v) is 12.1. The predicted molar refractivity (Wildman–Crippen MR) is 128 cm³/mol. The third-order valence-corrected chi connectivity index (χ3v) is 7.23. The van der Waals surface area contributed by atoms with Crippen molar-refractivity contribution in [3.8, 4) is 11.1 Å². The first-order valence-electron chi connectivity index (χ1n) is 11.3. The van der Waals surface area contributed by atoms with Gasteiger partial charge < -0.3 is 20.1 Å². The van der Waals surface area contributed by atoms with E-state index in [0.29, 0.717) is 6.54 Å². The maximum absolute atomic E-state index is 12.6. The second kappa shape index (κ2) is 8.55. The number of ether oxygens (including phenoxy) is 1. The van der Waals surface area contributed by atoms with Gasteiger partial charge in [0.2, 0.25) is 0 Å². The van der Waals surface area contributed by atoms with E-state index in [1.165, 1.54) is 16.9 Å². The van der Waals surface area contributed by atoms with Crippen LogP contribution in [0.1, 0.15) is 41.2 Å². The number of methoxy groups -OCH3 is 1. The standard InChI is InChI=1S/C24H29N5O3S/c1-24(2)10-19-21(22(31)27-24)33-23(26-19)29-8-4-5-15-6-7-16(9-20(15)29)17-11-25-28(12-17)13-18(30)14-32-3/h6-7,9,11-12,18,30H,4-5,8,10,13-14H2,1-3H3,(H,27,31). The van der Waals surface area contributed by atoms with E-state index in [1.807, 2.05) is 26.2 Å². The summed E-state index contributed by atoms with van der Waals surface area (Å²) in [6, 6.07) is 6.49. The topological polar surface area (TPSA) is 92.5 Å². The number of hydrogen-bond donors (Lipinski definition) is 2. The number of aromatic nitrogens is 3. The molecular formula is C24H29N5O3S.